The Labute approximate surface area is 109 Å². The molecule has 0 aromatic heterocycles. The standard InChI is InChI=1S/C12H12N2O3S/c15-10-6-14(7-11(16)13-10)12(17)8-18-9-4-2-1-3-5-9/h1-5H,6-8H2,(H,13,15,16). The fourth-order valence-corrected chi connectivity index (χ4v) is 2.39. The number of hydrogen-bond donors (Lipinski definition) is 1. The number of carbonyl (C=O) groups excluding carboxylic acids is 3. The molecule has 1 aromatic rings. The zero-order valence-corrected chi connectivity index (χ0v) is 10.4. The molecule has 0 spiro atoms. The van der Waals surface area contributed by atoms with Gasteiger partial charge in [0.25, 0.3) is 0 Å². The third-order valence-electron chi connectivity index (χ3n) is 2.41. The highest BCUT2D eigenvalue weighted by atomic mass is 32.2. The highest BCUT2D eigenvalue weighted by Gasteiger charge is 2.25. The average molecular weight is 264 g/mol. The number of nitrogens with one attached hydrogen (secondary N) is 1. The second-order valence-corrected chi connectivity index (χ2v) is 4.87. The molecule has 1 N–H and O–H groups in total. The third kappa shape index (κ3) is 3.33. The molecule has 1 aromatic carbocycles. The van der Waals surface area contributed by atoms with Gasteiger partial charge in [-0.05, 0) is 12.1 Å². The number of imide groups is 1. The van der Waals surface area contributed by atoms with Crippen LogP contribution in [0.2, 0.25) is 0 Å². The first kappa shape index (κ1) is 12.6. The summed E-state index contributed by atoms with van der Waals surface area (Å²) in [6.07, 6.45) is 0. The predicted octanol–water partition coefficient (Wildman–Crippen LogP) is 0.264. The Morgan fingerprint density at radius 3 is 2.39 bits per heavy atom. The lowest BCUT2D eigenvalue weighted by atomic mass is 10.3. The van der Waals surface area contributed by atoms with Crippen LogP contribution in [0.1, 0.15) is 0 Å². The molecule has 0 saturated carbocycles. The van der Waals surface area contributed by atoms with E-state index in [2.05, 4.69) is 5.32 Å². The lowest BCUT2D eigenvalue weighted by Gasteiger charge is -2.25. The van der Waals surface area contributed by atoms with Crippen molar-refractivity contribution in [3.8, 4) is 0 Å². The van der Waals surface area contributed by atoms with Crippen LogP contribution in [0.4, 0.5) is 0 Å². The minimum Gasteiger partial charge on any atom is -0.323 e. The summed E-state index contributed by atoms with van der Waals surface area (Å²) in [4.78, 5) is 36.4. The molecule has 1 heterocycles. The van der Waals surface area contributed by atoms with E-state index in [0.29, 0.717) is 0 Å². The van der Waals surface area contributed by atoms with E-state index in [0.717, 1.165) is 4.90 Å². The van der Waals surface area contributed by atoms with E-state index in [-0.39, 0.29) is 24.7 Å². The number of amides is 3. The van der Waals surface area contributed by atoms with Gasteiger partial charge in [0.1, 0.15) is 13.1 Å². The molecule has 0 atom stereocenters. The molecular weight excluding hydrogens is 252 g/mol. The summed E-state index contributed by atoms with van der Waals surface area (Å²) in [5.74, 6) is -0.828. The van der Waals surface area contributed by atoms with Crippen LogP contribution in [0.25, 0.3) is 0 Å². The number of piperazine rings is 1. The van der Waals surface area contributed by atoms with Crippen LogP contribution in [-0.4, -0.2) is 41.5 Å². The number of rotatable bonds is 3. The smallest absolute Gasteiger partial charge is 0.246 e. The highest BCUT2D eigenvalue weighted by molar-refractivity contribution is 8.00. The van der Waals surface area contributed by atoms with E-state index in [9.17, 15) is 14.4 Å². The Balaban J connectivity index is 1.88. The summed E-state index contributed by atoms with van der Waals surface area (Å²) >= 11 is 1.39. The van der Waals surface area contributed by atoms with E-state index < -0.39 is 11.8 Å². The molecule has 0 aliphatic carbocycles. The van der Waals surface area contributed by atoms with Crippen LogP contribution in [0.5, 0.6) is 0 Å². The molecule has 5 nitrogen and oxygen atoms in total. The number of thioether (sulfide) groups is 1. The van der Waals surface area contributed by atoms with Crippen LogP contribution >= 0.6 is 11.8 Å². The zero-order chi connectivity index (χ0) is 13.0. The molecular formula is C12H12N2O3S. The van der Waals surface area contributed by atoms with Crippen molar-refractivity contribution in [3.05, 3.63) is 30.3 Å². The van der Waals surface area contributed by atoms with Gasteiger partial charge in [-0.1, -0.05) is 18.2 Å². The van der Waals surface area contributed by atoms with Gasteiger partial charge in [-0.3, -0.25) is 19.7 Å². The molecule has 6 heteroatoms. The quantitative estimate of drug-likeness (QED) is 0.628. The van der Waals surface area contributed by atoms with Crippen LogP contribution in [0, 0.1) is 0 Å². The fraction of sp³-hybridized carbons (Fsp3) is 0.250. The number of hydrogen-bond acceptors (Lipinski definition) is 4. The van der Waals surface area contributed by atoms with Crippen molar-refractivity contribution >= 4 is 29.5 Å². The number of benzene rings is 1. The molecule has 3 amide bonds. The lowest BCUT2D eigenvalue weighted by Crippen LogP contribution is -2.53. The molecule has 2 rings (SSSR count). The lowest BCUT2D eigenvalue weighted by molar-refractivity contribution is -0.144. The molecule has 1 aliphatic heterocycles. The summed E-state index contributed by atoms with van der Waals surface area (Å²) in [7, 11) is 0. The van der Waals surface area contributed by atoms with Crippen molar-refractivity contribution in [1.82, 2.24) is 10.2 Å². The Bertz CT molecular complexity index is 459. The summed E-state index contributed by atoms with van der Waals surface area (Å²) in [5.41, 5.74) is 0. The highest BCUT2D eigenvalue weighted by Crippen LogP contribution is 2.17. The van der Waals surface area contributed by atoms with Crippen LogP contribution in [0.3, 0.4) is 0 Å². The van der Waals surface area contributed by atoms with Crippen molar-refractivity contribution in [2.75, 3.05) is 18.8 Å². The summed E-state index contributed by atoms with van der Waals surface area (Å²) in [6.45, 7) is -0.0835. The average Bonchev–Trinajstić information content (AvgIpc) is 2.36. The van der Waals surface area contributed by atoms with Crippen molar-refractivity contribution in [1.29, 1.82) is 0 Å². The maximum Gasteiger partial charge on any atom is 0.246 e. The van der Waals surface area contributed by atoms with E-state index in [1.165, 1.54) is 16.7 Å². The SMILES string of the molecule is O=C1CN(C(=O)CSc2ccccc2)CC(=O)N1. The Morgan fingerprint density at radius 2 is 1.78 bits per heavy atom. The van der Waals surface area contributed by atoms with Gasteiger partial charge >= 0.3 is 0 Å². The van der Waals surface area contributed by atoms with Gasteiger partial charge in [0.15, 0.2) is 0 Å². The van der Waals surface area contributed by atoms with Gasteiger partial charge < -0.3 is 4.90 Å². The zero-order valence-electron chi connectivity index (χ0n) is 9.59. The fourth-order valence-electron chi connectivity index (χ4n) is 1.57. The van der Waals surface area contributed by atoms with E-state index in [1.807, 2.05) is 30.3 Å². The minimum absolute atomic E-state index is 0.0417. The van der Waals surface area contributed by atoms with Crippen molar-refractivity contribution < 1.29 is 14.4 Å². The Morgan fingerprint density at radius 1 is 1.17 bits per heavy atom. The van der Waals surface area contributed by atoms with Gasteiger partial charge in [-0.25, -0.2) is 0 Å². The minimum atomic E-state index is -0.427. The normalized spacial score (nSPS) is 15.4. The number of carbonyl (C=O) groups is 3. The molecule has 1 fully saturated rings. The molecule has 0 bridgehead atoms. The van der Waals surface area contributed by atoms with Gasteiger partial charge in [0, 0.05) is 4.90 Å². The summed E-state index contributed by atoms with van der Waals surface area (Å²) in [6, 6.07) is 9.51. The van der Waals surface area contributed by atoms with Gasteiger partial charge in [0.05, 0.1) is 5.75 Å². The predicted molar refractivity (Wildman–Crippen MR) is 66.9 cm³/mol. The maximum atomic E-state index is 11.8. The van der Waals surface area contributed by atoms with Gasteiger partial charge in [-0.2, -0.15) is 0 Å². The monoisotopic (exact) mass is 264 g/mol. The van der Waals surface area contributed by atoms with Crippen LogP contribution in [0.15, 0.2) is 35.2 Å². The van der Waals surface area contributed by atoms with E-state index >= 15 is 0 Å². The van der Waals surface area contributed by atoms with Crippen LogP contribution in [-0.2, 0) is 14.4 Å². The molecule has 1 saturated heterocycles. The Kier molecular flexibility index (Phi) is 3.99. The second kappa shape index (κ2) is 5.68. The van der Waals surface area contributed by atoms with Crippen LogP contribution < -0.4 is 5.32 Å². The maximum absolute atomic E-state index is 11.8. The molecule has 18 heavy (non-hydrogen) atoms. The largest absolute Gasteiger partial charge is 0.323 e. The molecule has 0 radical (unpaired) electrons. The van der Waals surface area contributed by atoms with Gasteiger partial charge in [0.2, 0.25) is 17.7 Å². The Hall–Kier alpha value is -1.82. The van der Waals surface area contributed by atoms with Crippen molar-refractivity contribution in [2.24, 2.45) is 0 Å². The van der Waals surface area contributed by atoms with Crippen molar-refractivity contribution in [3.63, 3.8) is 0 Å². The summed E-state index contributed by atoms with van der Waals surface area (Å²) in [5, 5.41) is 2.16. The van der Waals surface area contributed by atoms with Gasteiger partial charge in [-0.15, -0.1) is 11.8 Å². The van der Waals surface area contributed by atoms with Crippen molar-refractivity contribution in [2.45, 2.75) is 4.90 Å². The first-order valence-electron chi connectivity index (χ1n) is 5.43. The first-order valence-corrected chi connectivity index (χ1v) is 6.42. The summed E-state index contributed by atoms with van der Waals surface area (Å²) < 4.78 is 0. The molecule has 1 aliphatic rings. The topological polar surface area (TPSA) is 66.5 Å². The van der Waals surface area contributed by atoms with E-state index in [1.54, 1.807) is 0 Å². The first-order chi connectivity index (χ1) is 8.65. The number of nitrogens with zero attached hydrogens (tertiary/aromatic N) is 1. The molecule has 94 valence electrons. The molecule has 0 unspecified atom stereocenters. The third-order valence-corrected chi connectivity index (χ3v) is 3.40. The second-order valence-electron chi connectivity index (χ2n) is 3.82. The van der Waals surface area contributed by atoms with E-state index in [4.69, 9.17) is 0 Å².